The van der Waals surface area contributed by atoms with Gasteiger partial charge in [0.15, 0.2) is 11.5 Å². The smallest absolute Gasteiger partial charge is 0.245 e. The van der Waals surface area contributed by atoms with Crippen LogP contribution in [0.25, 0.3) is 0 Å². The number of sulfonamides is 1. The fourth-order valence-electron chi connectivity index (χ4n) is 3.65. The minimum absolute atomic E-state index is 0.137. The number of amides is 1. The van der Waals surface area contributed by atoms with Gasteiger partial charge < -0.3 is 14.8 Å². The Balaban J connectivity index is 1.46. The van der Waals surface area contributed by atoms with E-state index in [2.05, 4.69) is 17.4 Å². The van der Waals surface area contributed by atoms with E-state index < -0.39 is 15.9 Å². The Bertz CT molecular complexity index is 1300. The molecule has 9 heteroatoms. The number of aryl methyl sites for hydroxylation is 1. The normalized spacial score (nSPS) is 12.7. The van der Waals surface area contributed by atoms with E-state index >= 15 is 0 Å². The molecule has 1 N–H and O–H groups in total. The van der Waals surface area contributed by atoms with E-state index in [0.29, 0.717) is 36.1 Å². The van der Waals surface area contributed by atoms with Crippen molar-refractivity contribution in [1.29, 1.82) is 0 Å². The Morgan fingerprint density at radius 1 is 1.00 bits per heavy atom. The average Bonchev–Trinajstić information content (AvgIpc) is 2.87. The summed E-state index contributed by atoms with van der Waals surface area (Å²) in [6.45, 7) is 3.95. The highest BCUT2D eigenvalue weighted by atomic mass is 32.2. The first-order chi connectivity index (χ1) is 16.9. The molecule has 4 rings (SSSR count). The van der Waals surface area contributed by atoms with Crippen LogP contribution in [-0.4, -0.2) is 39.8 Å². The second-order valence-corrected chi connectivity index (χ2v) is 11.3. The van der Waals surface area contributed by atoms with Crippen LogP contribution in [0.4, 0.5) is 11.4 Å². The molecule has 0 saturated heterocycles. The highest BCUT2D eigenvalue weighted by molar-refractivity contribution is 7.98. The van der Waals surface area contributed by atoms with Crippen molar-refractivity contribution in [3.63, 3.8) is 0 Å². The van der Waals surface area contributed by atoms with E-state index in [4.69, 9.17) is 9.47 Å². The zero-order valence-electron chi connectivity index (χ0n) is 19.7. The molecule has 0 bridgehead atoms. The number of nitrogens with one attached hydrogen (secondary N) is 1. The molecule has 3 aromatic rings. The van der Waals surface area contributed by atoms with Crippen molar-refractivity contribution in [2.45, 2.75) is 24.5 Å². The minimum Gasteiger partial charge on any atom is -0.486 e. The van der Waals surface area contributed by atoms with Gasteiger partial charge in [0.2, 0.25) is 15.9 Å². The number of carbonyl (C=O) groups is 1. The lowest BCUT2D eigenvalue weighted by atomic mass is 10.1. The van der Waals surface area contributed by atoms with Crippen molar-refractivity contribution in [1.82, 2.24) is 0 Å². The summed E-state index contributed by atoms with van der Waals surface area (Å²) in [7, 11) is -3.70. The monoisotopic (exact) mass is 512 g/mol. The van der Waals surface area contributed by atoms with Gasteiger partial charge in [-0.3, -0.25) is 9.10 Å². The molecule has 35 heavy (non-hydrogen) atoms. The average molecular weight is 513 g/mol. The van der Waals surface area contributed by atoms with Crippen LogP contribution < -0.4 is 19.1 Å². The Hall–Kier alpha value is -3.17. The fourth-order valence-corrected chi connectivity index (χ4v) is 5.58. The van der Waals surface area contributed by atoms with Gasteiger partial charge in [-0.2, -0.15) is 0 Å². The maximum atomic E-state index is 12.9. The van der Waals surface area contributed by atoms with Crippen LogP contribution in [0.5, 0.6) is 11.5 Å². The SMILES string of the molecule is CCS(=O)(=O)N(CC(=O)Nc1ccc(CSc2ccccc2)cc1C)c1ccc2c(c1)OCCO2. The zero-order chi connectivity index (χ0) is 24.8. The number of fused-ring (bicyclic) bond motifs is 1. The van der Waals surface area contributed by atoms with Gasteiger partial charge in [-0.15, -0.1) is 11.8 Å². The Morgan fingerprint density at radius 2 is 1.74 bits per heavy atom. The summed E-state index contributed by atoms with van der Waals surface area (Å²) in [5, 5.41) is 2.86. The summed E-state index contributed by atoms with van der Waals surface area (Å²) in [6, 6.07) is 20.9. The van der Waals surface area contributed by atoms with Crippen LogP contribution in [0.2, 0.25) is 0 Å². The van der Waals surface area contributed by atoms with Gasteiger partial charge in [-0.25, -0.2) is 8.42 Å². The fraction of sp³-hybridized carbons (Fsp3) is 0.269. The van der Waals surface area contributed by atoms with E-state index in [1.165, 1.54) is 4.90 Å². The number of thioether (sulfide) groups is 1. The quantitative estimate of drug-likeness (QED) is 0.413. The lowest BCUT2D eigenvalue weighted by molar-refractivity contribution is -0.114. The third-order valence-electron chi connectivity index (χ3n) is 5.52. The number of nitrogens with zero attached hydrogens (tertiary/aromatic N) is 1. The predicted octanol–water partition coefficient (Wildman–Crippen LogP) is 4.85. The van der Waals surface area contributed by atoms with E-state index in [1.54, 1.807) is 36.9 Å². The highest BCUT2D eigenvalue weighted by Gasteiger charge is 2.25. The third kappa shape index (κ3) is 6.29. The van der Waals surface area contributed by atoms with Crippen molar-refractivity contribution < 1.29 is 22.7 Å². The molecule has 3 aromatic carbocycles. The molecule has 1 amide bonds. The van der Waals surface area contributed by atoms with Gasteiger partial charge in [-0.1, -0.05) is 30.3 Å². The molecule has 0 aliphatic carbocycles. The molecular weight excluding hydrogens is 484 g/mol. The second-order valence-electron chi connectivity index (χ2n) is 8.03. The van der Waals surface area contributed by atoms with E-state index in [1.807, 2.05) is 43.3 Å². The van der Waals surface area contributed by atoms with Gasteiger partial charge in [-0.05, 0) is 55.3 Å². The van der Waals surface area contributed by atoms with Crippen LogP contribution in [0.15, 0.2) is 71.6 Å². The van der Waals surface area contributed by atoms with Crippen LogP contribution in [0, 0.1) is 6.92 Å². The summed E-state index contributed by atoms with van der Waals surface area (Å²) in [6.07, 6.45) is 0. The lowest BCUT2D eigenvalue weighted by Crippen LogP contribution is -2.39. The summed E-state index contributed by atoms with van der Waals surface area (Å²) in [4.78, 5) is 14.1. The Labute approximate surface area is 210 Å². The second kappa shape index (κ2) is 11.0. The van der Waals surface area contributed by atoms with Gasteiger partial charge >= 0.3 is 0 Å². The summed E-state index contributed by atoms with van der Waals surface area (Å²) >= 11 is 1.74. The number of hydrogen-bond donors (Lipinski definition) is 1. The van der Waals surface area contributed by atoms with Crippen molar-refractivity contribution >= 4 is 39.1 Å². The van der Waals surface area contributed by atoms with Crippen LogP contribution in [-0.2, 0) is 20.6 Å². The molecule has 1 aliphatic heterocycles. The van der Waals surface area contributed by atoms with Crippen molar-refractivity contribution in [3.8, 4) is 11.5 Å². The number of anilines is 2. The molecule has 184 valence electrons. The zero-order valence-corrected chi connectivity index (χ0v) is 21.3. The molecule has 0 fully saturated rings. The van der Waals surface area contributed by atoms with Crippen LogP contribution in [0.3, 0.4) is 0 Å². The molecule has 1 heterocycles. The van der Waals surface area contributed by atoms with E-state index in [9.17, 15) is 13.2 Å². The maximum Gasteiger partial charge on any atom is 0.245 e. The molecule has 0 spiro atoms. The predicted molar refractivity (Wildman–Crippen MR) is 140 cm³/mol. The Kier molecular flexibility index (Phi) is 7.87. The molecular formula is C26H28N2O5S2. The molecule has 0 aromatic heterocycles. The molecule has 0 radical (unpaired) electrons. The first kappa shape index (κ1) is 24.9. The summed E-state index contributed by atoms with van der Waals surface area (Å²) < 4.78 is 37.9. The largest absolute Gasteiger partial charge is 0.486 e. The van der Waals surface area contributed by atoms with Crippen LogP contribution in [0.1, 0.15) is 18.1 Å². The van der Waals surface area contributed by atoms with Gasteiger partial charge in [0, 0.05) is 22.4 Å². The number of hydrogen-bond acceptors (Lipinski definition) is 6. The molecule has 0 atom stereocenters. The van der Waals surface area contributed by atoms with Gasteiger partial charge in [0.25, 0.3) is 0 Å². The van der Waals surface area contributed by atoms with E-state index in [0.717, 1.165) is 21.2 Å². The van der Waals surface area contributed by atoms with Crippen molar-refractivity contribution in [2.24, 2.45) is 0 Å². The van der Waals surface area contributed by atoms with Gasteiger partial charge in [0.05, 0.1) is 11.4 Å². The lowest BCUT2D eigenvalue weighted by Gasteiger charge is -2.26. The molecule has 0 saturated carbocycles. The topological polar surface area (TPSA) is 84.9 Å². The number of benzene rings is 3. The summed E-state index contributed by atoms with van der Waals surface area (Å²) in [5.41, 5.74) is 3.06. The maximum absolute atomic E-state index is 12.9. The number of rotatable bonds is 9. The van der Waals surface area contributed by atoms with Crippen LogP contribution >= 0.6 is 11.8 Å². The molecule has 7 nitrogen and oxygen atoms in total. The minimum atomic E-state index is -3.70. The van der Waals surface area contributed by atoms with Crippen molar-refractivity contribution in [2.75, 3.05) is 35.1 Å². The van der Waals surface area contributed by atoms with Crippen molar-refractivity contribution in [3.05, 3.63) is 77.9 Å². The first-order valence-electron chi connectivity index (χ1n) is 11.3. The third-order valence-corrected chi connectivity index (χ3v) is 8.34. The number of carbonyl (C=O) groups excluding carboxylic acids is 1. The highest BCUT2D eigenvalue weighted by Crippen LogP contribution is 2.35. The number of ether oxygens (including phenoxy) is 2. The Morgan fingerprint density at radius 3 is 2.46 bits per heavy atom. The molecule has 1 aliphatic rings. The van der Waals surface area contributed by atoms with Gasteiger partial charge in [0.1, 0.15) is 19.8 Å². The summed E-state index contributed by atoms with van der Waals surface area (Å²) in [5.74, 6) is 1.27. The van der Waals surface area contributed by atoms with E-state index in [-0.39, 0.29) is 12.3 Å². The first-order valence-corrected chi connectivity index (χ1v) is 13.9. The molecule has 0 unspecified atom stereocenters. The standard InChI is InChI=1S/C26H28N2O5S2/c1-3-35(30,31)28(21-10-12-24-25(16-21)33-14-13-32-24)17-26(29)27-23-11-9-20(15-19(23)2)18-34-22-7-5-4-6-8-22/h4-12,15-16H,3,13-14,17-18H2,1-2H3,(H,27,29).